The van der Waals surface area contributed by atoms with Crippen molar-refractivity contribution in [2.45, 2.75) is 32.4 Å². The molecule has 0 fully saturated rings. The van der Waals surface area contributed by atoms with E-state index >= 15 is 0 Å². The minimum absolute atomic E-state index is 0.0130. The number of tetrazole rings is 1. The Bertz CT molecular complexity index is 1660. The highest BCUT2D eigenvalue weighted by Crippen LogP contribution is 2.32. The summed E-state index contributed by atoms with van der Waals surface area (Å²) in [5.41, 5.74) is 5.21. The van der Waals surface area contributed by atoms with Crippen molar-refractivity contribution in [2.24, 2.45) is 15.4 Å². The Morgan fingerprint density at radius 3 is 2.84 bits per heavy atom. The first-order valence-electron chi connectivity index (χ1n) is 12.0. The third kappa shape index (κ3) is 4.38. The summed E-state index contributed by atoms with van der Waals surface area (Å²) < 4.78 is 14.7. The number of amides is 2. The molecule has 0 radical (unpaired) electrons. The van der Waals surface area contributed by atoms with Crippen LogP contribution in [0.5, 0.6) is 0 Å². The third-order valence-corrected chi connectivity index (χ3v) is 6.62. The molecule has 38 heavy (non-hydrogen) atoms. The number of halogens is 1. The zero-order chi connectivity index (χ0) is 26.2. The number of fused-ring (bicyclic) bond motifs is 2. The molecule has 1 aliphatic heterocycles. The van der Waals surface area contributed by atoms with E-state index in [4.69, 9.17) is 0 Å². The third-order valence-electron chi connectivity index (χ3n) is 6.62. The summed E-state index contributed by atoms with van der Waals surface area (Å²) in [4.78, 5) is 30.4. The summed E-state index contributed by atoms with van der Waals surface area (Å²) in [5, 5.41) is 28.7. The quantitative estimate of drug-likeness (QED) is 0.405. The number of hydrogen-bond donors (Lipinski definition) is 2. The van der Waals surface area contributed by atoms with Gasteiger partial charge in [0.25, 0.3) is 17.6 Å². The first-order valence-corrected chi connectivity index (χ1v) is 12.0. The van der Waals surface area contributed by atoms with Gasteiger partial charge >= 0.3 is 0 Å². The van der Waals surface area contributed by atoms with Crippen LogP contribution in [-0.4, -0.2) is 49.1 Å². The Labute approximate surface area is 215 Å². The van der Waals surface area contributed by atoms with Gasteiger partial charge in [-0.3, -0.25) is 9.59 Å². The van der Waals surface area contributed by atoms with Crippen molar-refractivity contribution < 1.29 is 14.0 Å². The van der Waals surface area contributed by atoms with Gasteiger partial charge in [-0.15, -0.1) is 5.10 Å². The minimum atomic E-state index is -0.515. The second kappa shape index (κ2) is 9.50. The maximum atomic E-state index is 13.5. The standard InChI is InChI=1S/C25H21FN10O2/c1-13-8-14(2-6-18(13)26)11-27-23(37)20-10-22(36-25(30-20)32-34-35-36)24(38)29-19-7-4-15-9-16(3-5-17(15)19)21-12-28-33-31-21/h2-3,5-6,8-10,19H,4,7,11-12H2,1H3,(H,27,37)(H,29,38)/t19-/m0/s1. The van der Waals surface area contributed by atoms with Crippen molar-refractivity contribution in [3.8, 4) is 0 Å². The highest BCUT2D eigenvalue weighted by molar-refractivity contribution is 6.03. The van der Waals surface area contributed by atoms with E-state index in [1.54, 1.807) is 19.1 Å². The van der Waals surface area contributed by atoms with E-state index < -0.39 is 11.8 Å². The van der Waals surface area contributed by atoms with Gasteiger partial charge < -0.3 is 10.6 Å². The molecule has 1 aliphatic carbocycles. The van der Waals surface area contributed by atoms with E-state index in [0.717, 1.165) is 40.8 Å². The normalized spacial score (nSPS) is 15.9. The van der Waals surface area contributed by atoms with E-state index in [-0.39, 0.29) is 35.6 Å². The summed E-state index contributed by atoms with van der Waals surface area (Å²) in [7, 11) is 0. The van der Waals surface area contributed by atoms with Crippen LogP contribution in [0, 0.1) is 12.7 Å². The molecule has 3 heterocycles. The first kappa shape index (κ1) is 23.5. The number of rotatable bonds is 6. The SMILES string of the molecule is Cc1cc(CNC(=O)c2cc(C(=O)N[C@H]3CCc4cc(C5=NN=NC5)ccc43)n3nnnc3n2)ccc1F. The molecule has 12 nitrogen and oxygen atoms in total. The van der Waals surface area contributed by atoms with Crippen molar-refractivity contribution in [2.75, 3.05) is 6.54 Å². The van der Waals surface area contributed by atoms with Gasteiger partial charge in [-0.2, -0.15) is 9.63 Å². The molecule has 6 rings (SSSR count). The van der Waals surface area contributed by atoms with Gasteiger partial charge in [0, 0.05) is 18.2 Å². The Morgan fingerprint density at radius 1 is 1.13 bits per heavy atom. The number of nitrogens with zero attached hydrogens (tertiary/aromatic N) is 8. The molecule has 0 saturated heterocycles. The van der Waals surface area contributed by atoms with E-state index in [1.165, 1.54) is 16.6 Å². The van der Waals surface area contributed by atoms with Crippen LogP contribution in [-0.2, 0) is 13.0 Å². The lowest BCUT2D eigenvalue weighted by molar-refractivity contribution is 0.0928. The molecular weight excluding hydrogens is 491 g/mol. The van der Waals surface area contributed by atoms with Gasteiger partial charge in [-0.05, 0) is 69.8 Å². The molecule has 2 aromatic heterocycles. The predicted molar refractivity (Wildman–Crippen MR) is 132 cm³/mol. The number of carbonyl (C=O) groups excluding carboxylic acids is 2. The summed E-state index contributed by atoms with van der Waals surface area (Å²) in [6.45, 7) is 2.27. The molecule has 4 aromatic rings. The van der Waals surface area contributed by atoms with Crippen LogP contribution >= 0.6 is 0 Å². The molecule has 2 aliphatic rings. The number of hydrogen-bond acceptors (Lipinski definition) is 9. The lowest BCUT2D eigenvalue weighted by Gasteiger charge is -2.15. The molecule has 1 atom stereocenters. The van der Waals surface area contributed by atoms with Gasteiger partial charge in [0.2, 0.25) is 0 Å². The van der Waals surface area contributed by atoms with Crippen LogP contribution in [0.1, 0.15) is 61.3 Å². The van der Waals surface area contributed by atoms with Gasteiger partial charge in [0.05, 0.1) is 11.8 Å². The lowest BCUT2D eigenvalue weighted by atomic mass is 10.0. The van der Waals surface area contributed by atoms with Crippen LogP contribution in [0.15, 0.2) is 57.9 Å². The number of benzene rings is 2. The highest BCUT2D eigenvalue weighted by Gasteiger charge is 2.27. The second-order valence-electron chi connectivity index (χ2n) is 9.10. The van der Waals surface area contributed by atoms with E-state index in [2.05, 4.69) is 52.6 Å². The second-order valence-corrected chi connectivity index (χ2v) is 9.10. The average molecular weight is 513 g/mol. The zero-order valence-electron chi connectivity index (χ0n) is 20.2. The maximum absolute atomic E-state index is 13.5. The number of aryl methyl sites for hydroxylation is 2. The largest absolute Gasteiger partial charge is 0.347 e. The van der Waals surface area contributed by atoms with Crippen LogP contribution in [0.3, 0.4) is 0 Å². The van der Waals surface area contributed by atoms with Crippen LogP contribution in [0.4, 0.5) is 4.39 Å². The molecule has 2 N–H and O–H groups in total. The van der Waals surface area contributed by atoms with E-state index in [9.17, 15) is 14.0 Å². The Morgan fingerprint density at radius 2 is 2.03 bits per heavy atom. The van der Waals surface area contributed by atoms with Crippen molar-refractivity contribution in [3.05, 3.63) is 87.5 Å². The van der Waals surface area contributed by atoms with Gasteiger partial charge in [-0.25, -0.2) is 9.37 Å². The fourth-order valence-corrected chi connectivity index (χ4v) is 4.65. The Balaban J connectivity index is 1.20. The number of carbonyl (C=O) groups is 2. The fourth-order valence-electron chi connectivity index (χ4n) is 4.65. The highest BCUT2D eigenvalue weighted by atomic mass is 19.1. The summed E-state index contributed by atoms with van der Waals surface area (Å²) >= 11 is 0. The molecule has 0 bridgehead atoms. The average Bonchev–Trinajstić information content (AvgIpc) is 3.69. The Kier molecular flexibility index (Phi) is 5.86. The van der Waals surface area contributed by atoms with Crippen LogP contribution in [0.25, 0.3) is 5.78 Å². The van der Waals surface area contributed by atoms with Gasteiger partial charge in [-0.1, -0.05) is 29.4 Å². The van der Waals surface area contributed by atoms with Gasteiger partial charge in [0.15, 0.2) is 0 Å². The van der Waals surface area contributed by atoms with Crippen LogP contribution < -0.4 is 10.6 Å². The molecule has 0 unspecified atom stereocenters. The van der Waals surface area contributed by atoms with Crippen molar-refractivity contribution >= 4 is 23.3 Å². The Hall–Kier alpha value is -4.94. The molecule has 2 amide bonds. The first-order chi connectivity index (χ1) is 18.5. The zero-order valence-corrected chi connectivity index (χ0v) is 20.2. The summed E-state index contributed by atoms with van der Waals surface area (Å²) in [6, 6.07) is 11.7. The maximum Gasteiger partial charge on any atom is 0.274 e. The number of aromatic nitrogens is 5. The predicted octanol–water partition coefficient (Wildman–Crippen LogP) is 2.48. The molecular formula is C25H21FN10O2. The minimum Gasteiger partial charge on any atom is -0.347 e. The van der Waals surface area contributed by atoms with Crippen molar-refractivity contribution in [1.29, 1.82) is 0 Å². The van der Waals surface area contributed by atoms with Gasteiger partial charge in [0.1, 0.15) is 23.7 Å². The molecule has 0 saturated carbocycles. The summed E-state index contributed by atoms with van der Waals surface area (Å²) in [6.07, 6.45) is 1.52. The lowest BCUT2D eigenvalue weighted by Crippen LogP contribution is -2.30. The van der Waals surface area contributed by atoms with E-state index in [1.807, 2.05) is 12.1 Å². The number of nitrogens with one attached hydrogen (secondary N) is 2. The molecule has 13 heteroatoms. The molecule has 2 aromatic carbocycles. The topological polar surface area (TPSA) is 151 Å². The van der Waals surface area contributed by atoms with E-state index in [0.29, 0.717) is 12.1 Å². The summed E-state index contributed by atoms with van der Waals surface area (Å²) in [5.74, 6) is -1.25. The van der Waals surface area contributed by atoms with Crippen molar-refractivity contribution in [3.63, 3.8) is 0 Å². The fraction of sp³-hybridized carbons (Fsp3) is 0.240. The molecule has 0 spiro atoms. The van der Waals surface area contributed by atoms with Crippen molar-refractivity contribution in [1.82, 2.24) is 35.7 Å². The van der Waals surface area contributed by atoms with Crippen LogP contribution in [0.2, 0.25) is 0 Å². The smallest absolute Gasteiger partial charge is 0.274 e. The molecule has 190 valence electrons. The monoisotopic (exact) mass is 512 g/mol.